The number of rotatable bonds is 9. The van der Waals surface area contributed by atoms with E-state index in [-0.39, 0.29) is 24.3 Å². The first-order valence-corrected chi connectivity index (χ1v) is 14.7. The van der Waals surface area contributed by atoms with Crippen LogP contribution in [0.1, 0.15) is 41.0 Å². The number of nitrogens with zero attached hydrogens (tertiary/aromatic N) is 5. The van der Waals surface area contributed by atoms with Crippen LogP contribution in [-0.2, 0) is 24.4 Å². The fourth-order valence-corrected chi connectivity index (χ4v) is 6.43. The van der Waals surface area contributed by atoms with E-state index in [0.29, 0.717) is 35.6 Å². The molecule has 9 nitrogen and oxygen atoms in total. The van der Waals surface area contributed by atoms with Gasteiger partial charge in [-0.3, -0.25) is 4.90 Å². The third kappa shape index (κ3) is 5.30. The van der Waals surface area contributed by atoms with Crippen molar-refractivity contribution in [3.8, 4) is 5.88 Å². The lowest BCUT2D eigenvalue weighted by Crippen LogP contribution is -2.62. The van der Waals surface area contributed by atoms with Crippen molar-refractivity contribution in [1.82, 2.24) is 19.4 Å². The standard InChI is InChI=1S/C31H31ClFN5O4/c32-21-6-4-20(25(33)13-21)18-42-30-3-1-2-28(35-30)37-15-22-7-8-23(37)14-36(22)17-29-34-26-9-5-19(31(39)40)12-27(26)38(29)16-24-10-11-41-24/h1-6,9,12-13,22-24H,7-8,10-11,14-18H2,(H,39,40)/t22?,23?,24-/m0/s1. The zero-order valence-corrected chi connectivity index (χ0v) is 23.7. The van der Waals surface area contributed by atoms with Crippen LogP contribution in [0, 0.1) is 5.82 Å². The first kappa shape index (κ1) is 27.1. The molecular weight excluding hydrogens is 561 g/mol. The molecule has 2 bridgehead atoms. The summed E-state index contributed by atoms with van der Waals surface area (Å²) < 4.78 is 27.9. The lowest BCUT2D eigenvalue weighted by Gasteiger charge is -2.52. The minimum absolute atomic E-state index is 0.0696. The predicted octanol–water partition coefficient (Wildman–Crippen LogP) is 5.14. The number of carboxylic acids is 1. The SMILES string of the molecule is O=C(O)c1ccc2nc(CN3CC4CCC3CN4c3cccc(OCc4ccc(Cl)cc4F)n3)n(C[C@@H]3CCO3)c2c1. The normalized spacial score (nSPS) is 22.0. The van der Waals surface area contributed by atoms with Gasteiger partial charge in [-0.2, -0.15) is 4.98 Å². The van der Waals surface area contributed by atoms with Crippen LogP contribution in [0.25, 0.3) is 11.0 Å². The number of piperidine rings is 2. The summed E-state index contributed by atoms with van der Waals surface area (Å²) in [6, 6.07) is 16.0. The van der Waals surface area contributed by atoms with Crippen LogP contribution in [0.15, 0.2) is 54.6 Å². The molecule has 3 atom stereocenters. The lowest BCUT2D eigenvalue weighted by atomic mass is 9.90. The van der Waals surface area contributed by atoms with Gasteiger partial charge in [-0.1, -0.05) is 23.7 Å². The molecule has 0 saturated carbocycles. The summed E-state index contributed by atoms with van der Waals surface area (Å²) in [7, 11) is 0. The number of piperazine rings is 1. The third-order valence-electron chi connectivity index (χ3n) is 8.64. The van der Waals surface area contributed by atoms with Crippen LogP contribution in [0.5, 0.6) is 5.88 Å². The van der Waals surface area contributed by atoms with Crippen molar-refractivity contribution >= 4 is 34.4 Å². The molecule has 0 spiro atoms. The Balaban J connectivity index is 1.07. The Bertz CT molecular complexity index is 1640. The number of ether oxygens (including phenoxy) is 2. The Morgan fingerprint density at radius 1 is 1.07 bits per heavy atom. The molecule has 0 amide bonds. The Morgan fingerprint density at radius 3 is 2.67 bits per heavy atom. The maximum absolute atomic E-state index is 14.2. The Morgan fingerprint density at radius 2 is 1.93 bits per heavy atom. The van der Waals surface area contributed by atoms with Crippen LogP contribution < -0.4 is 9.64 Å². The van der Waals surface area contributed by atoms with Crippen LogP contribution in [0.3, 0.4) is 0 Å². The van der Waals surface area contributed by atoms with Crippen molar-refractivity contribution in [2.75, 3.05) is 24.6 Å². The Hall–Kier alpha value is -3.73. The van der Waals surface area contributed by atoms with Crippen LogP contribution in [0.2, 0.25) is 5.02 Å². The first-order chi connectivity index (χ1) is 20.4. The summed E-state index contributed by atoms with van der Waals surface area (Å²) in [4.78, 5) is 26.2. The van der Waals surface area contributed by atoms with Crippen LogP contribution >= 0.6 is 11.6 Å². The second-order valence-corrected chi connectivity index (χ2v) is 11.7. The van der Waals surface area contributed by atoms with E-state index in [1.54, 1.807) is 36.4 Å². The highest BCUT2D eigenvalue weighted by molar-refractivity contribution is 6.30. The highest BCUT2D eigenvalue weighted by atomic mass is 35.5. The van der Waals surface area contributed by atoms with E-state index < -0.39 is 11.8 Å². The quantitative estimate of drug-likeness (QED) is 0.286. The van der Waals surface area contributed by atoms with Crippen molar-refractivity contribution < 1.29 is 23.8 Å². The number of halogens is 2. The number of pyridine rings is 1. The molecule has 218 valence electrons. The molecule has 2 aromatic heterocycles. The highest BCUT2D eigenvalue weighted by Crippen LogP contribution is 2.34. The van der Waals surface area contributed by atoms with E-state index in [2.05, 4.69) is 14.4 Å². The van der Waals surface area contributed by atoms with Crippen molar-refractivity contribution in [2.45, 2.75) is 57.1 Å². The van der Waals surface area contributed by atoms with Gasteiger partial charge in [0.05, 0.1) is 35.8 Å². The molecule has 0 radical (unpaired) electrons. The molecule has 0 aliphatic carbocycles. The second kappa shape index (κ2) is 11.2. The van der Waals surface area contributed by atoms with E-state index in [0.717, 1.165) is 61.6 Å². The fraction of sp³-hybridized carbons (Fsp3) is 0.387. The molecule has 4 aliphatic rings. The van der Waals surface area contributed by atoms with Gasteiger partial charge in [0.25, 0.3) is 0 Å². The minimum atomic E-state index is -0.945. The van der Waals surface area contributed by atoms with Gasteiger partial charge in [-0.25, -0.2) is 14.2 Å². The van der Waals surface area contributed by atoms with Crippen molar-refractivity contribution in [3.63, 3.8) is 0 Å². The van der Waals surface area contributed by atoms with E-state index >= 15 is 0 Å². The molecule has 6 heterocycles. The van der Waals surface area contributed by atoms with E-state index in [1.165, 1.54) is 6.07 Å². The van der Waals surface area contributed by atoms with Crippen molar-refractivity contribution in [1.29, 1.82) is 0 Å². The molecule has 42 heavy (non-hydrogen) atoms. The summed E-state index contributed by atoms with van der Waals surface area (Å²) in [5, 5.41) is 9.90. The molecule has 2 unspecified atom stereocenters. The largest absolute Gasteiger partial charge is 0.478 e. The van der Waals surface area contributed by atoms with Gasteiger partial charge in [-0.15, -0.1) is 0 Å². The molecule has 4 saturated heterocycles. The Labute approximate surface area is 247 Å². The fourth-order valence-electron chi connectivity index (χ4n) is 6.27. The minimum Gasteiger partial charge on any atom is -0.478 e. The monoisotopic (exact) mass is 591 g/mol. The van der Waals surface area contributed by atoms with Crippen molar-refractivity contribution in [2.24, 2.45) is 0 Å². The number of aromatic nitrogens is 3. The summed E-state index contributed by atoms with van der Waals surface area (Å²) in [6.45, 7) is 3.89. The third-order valence-corrected chi connectivity index (χ3v) is 8.87. The van der Waals surface area contributed by atoms with E-state index in [9.17, 15) is 14.3 Å². The van der Waals surface area contributed by atoms with E-state index in [1.807, 2.05) is 12.1 Å². The lowest BCUT2D eigenvalue weighted by molar-refractivity contribution is -0.0593. The van der Waals surface area contributed by atoms with Gasteiger partial charge in [0.15, 0.2) is 0 Å². The van der Waals surface area contributed by atoms with Crippen molar-refractivity contribution in [3.05, 3.63) is 82.4 Å². The molecule has 4 fully saturated rings. The molecule has 4 aliphatic heterocycles. The number of anilines is 1. The van der Waals surface area contributed by atoms with Crippen LogP contribution in [0.4, 0.5) is 10.2 Å². The number of hydrogen-bond acceptors (Lipinski definition) is 7. The molecule has 11 heteroatoms. The number of carboxylic acid groups (broad SMARTS) is 1. The second-order valence-electron chi connectivity index (χ2n) is 11.3. The molecule has 8 rings (SSSR count). The van der Waals surface area contributed by atoms with Crippen LogP contribution in [-0.4, -0.2) is 68.4 Å². The van der Waals surface area contributed by atoms with Gasteiger partial charge in [-0.05, 0) is 55.7 Å². The zero-order valence-electron chi connectivity index (χ0n) is 23.0. The summed E-state index contributed by atoms with van der Waals surface area (Å²) in [5.41, 5.74) is 2.32. The maximum Gasteiger partial charge on any atom is 0.335 e. The smallest absolute Gasteiger partial charge is 0.335 e. The first-order valence-electron chi connectivity index (χ1n) is 14.3. The van der Waals surface area contributed by atoms with Gasteiger partial charge < -0.3 is 24.0 Å². The average molecular weight is 592 g/mol. The number of carbonyl (C=O) groups is 1. The van der Waals surface area contributed by atoms with E-state index in [4.69, 9.17) is 31.0 Å². The van der Waals surface area contributed by atoms with Gasteiger partial charge >= 0.3 is 5.97 Å². The summed E-state index contributed by atoms with van der Waals surface area (Å²) >= 11 is 5.87. The summed E-state index contributed by atoms with van der Waals surface area (Å²) in [6.07, 6.45) is 3.27. The number of benzene rings is 2. The maximum atomic E-state index is 14.2. The van der Waals surface area contributed by atoms with Gasteiger partial charge in [0.1, 0.15) is 24.1 Å². The number of hydrogen-bond donors (Lipinski definition) is 1. The average Bonchev–Trinajstić information content (AvgIpc) is 3.30. The molecule has 1 N–H and O–H groups in total. The van der Waals surface area contributed by atoms with Gasteiger partial charge in [0, 0.05) is 48.4 Å². The number of imidazole rings is 1. The Kier molecular flexibility index (Phi) is 7.21. The van der Waals surface area contributed by atoms with Gasteiger partial charge in [0.2, 0.25) is 5.88 Å². The number of fused-ring (bicyclic) bond motifs is 4. The summed E-state index contributed by atoms with van der Waals surface area (Å²) in [5.74, 6) is 0.898. The molecular formula is C31H31ClFN5O4. The topological polar surface area (TPSA) is 93.0 Å². The predicted molar refractivity (Wildman–Crippen MR) is 156 cm³/mol. The molecule has 2 aromatic carbocycles. The zero-order chi connectivity index (χ0) is 28.8. The highest BCUT2D eigenvalue weighted by Gasteiger charge is 2.40. The number of aromatic carboxylic acids is 1. The molecule has 4 aromatic rings.